The molecule has 0 amide bonds. The fourth-order valence-electron chi connectivity index (χ4n) is 3.24. The van der Waals surface area contributed by atoms with Gasteiger partial charge in [-0.25, -0.2) is 0 Å². The van der Waals surface area contributed by atoms with Gasteiger partial charge < -0.3 is 10.1 Å². The second-order valence-corrected chi connectivity index (χ2v) is 6.29. The van der Waals surface area contributed by atoms with Crippen LogP contribution in [-0.4, -0.2) is 25.8 Å². The molecule has 2 nitrogen and oxygen atoms in total. The first kappa shape index (κ1) is 15.5. The van der Waals surface area contributed by atoms with E-state index in [-0.39, 0.29) is 0 Å². The van der Waals surface area contributed by atoms with Crippen LogP contribution in [0.4, 0.5) is 0 Å². The van der Waals surface area contributed by atoms with Crippen molar-refractivity contribution in [2.75, 3.05) is 19.7 Å². The summed E-state index contributed by atoms with van der Waals surface area (Å²) in [6.07, 6.45) is 2.82. The Bertz CT molecular complexity index is 376. The average Bonchev–Trinajstić information content (AvgIpc) is 2.91. The SMILES string of the molecule is CCC1OCCC1CNCC(c1ccccc1)C(C)C. The van der Waals surface area contributed by atoms with E-state index in [1.165, 1.54) is 12.0 Å². The highest BCUT2D eigenvalue weighted by Gasteiger charge is 2.26. The van der Waals surface area contributed by atoms with Gasteiger partial charge in [-0.2, -0.15) is 0 Å². The van der Waals surface area contributed by atoms with E-state index in [0.29, 0.717) is 23.9 Å². The minimum atomic E-state index is 0.469. The fraction of sp³-hybridized carbons (Fsp3) is 0.667. The molecule has 0 saturated carbocycles. The average molecular weight is 275 g/mol. The highest BCUT2D eigenvalue weighted by atomic mass is 16.5. The lowest BCUT2D eigenvalue weighted by Crippen LogP contribution is -2.32. The molecule has 1 heterocycles. The van der Waals surface area contributed by atoms with Crippen LogP contribution >= 0.6 is 0 Å². The van der Waals surface area contributed by atoms with E-state index in [1.54, 1.807) is 0 Å². The first-order valence-corrected chi connectivity index (χ1v) is 8.09. The van der Waals surface area contributed by atoms with Crippen LogP contribution < -0.4 is 5.32 Å². The third-order valence-corrected chi connectivity index (χ3v) is 4.55. The van der Waals surface area contributed by atoms with Crippen molar-refractivity contribution in [1.82, 2.24) is 5.32 Å². The molecule has 1 saturated heterocycles. The summed E-state index contributed by atoms with van der Waals surface area (Å²) in [5, 5.41) is 3.69. The van der Waals surface area contributed by atoms with Crippen LogP contribution in [0, 0.1) is 11.8 Å². The van der Waals surface area contributed by atoms with Crippen LogP contribution in [0.2, 0.25) is 0 Å². The Morgan fingerprint density at radius 1 is 1.25 bits per heavy atom. The normalized spacial score (nSPS) is 24.2. The zero-order valence-electron chi connectivity index (χ0n) is 13.1. The second-order valence-electron chi connectivity index (χ2n) is 6.29. The molecule has 2 rings (SSSR count). The first-order valence-electron chi connectivity index (χ1n) is 8.09. The first-order chi connectivity index (χ1) is 9.72. The van der Waals surface area contributed by atoms with Gasteiger partial charge in [0.2, 0.25) is 0 Å². The van der Waals surface area contributed by atoms with Crippen molar-refractivity contribution in [3.8, 4) is 0 Å². The molecule has 1 aliphatic heterocycles. The van der Waals surface area contributed by atoms with Gasteiger partial charge >= 0.3 is 0 Å². The summed E-state index contributed by atoms with van der Waals surface area (Å²) in [5.74, 6) is 1.95. The van der Waals surface area contributed by atoms with E-state index < -0.39 is 0 Å². The highest BCUT2D eigenvalue weighted by Crippen LogP contribution is 2.25. The Hall–Kier alpha value is -0.860. The smallest absolute Gasteiger partial charge is 0.0613 e. The maximum Gasteiger partial charge on any atom is 0.0613 e. The third-order valence-electron chi connectivity index (χ3n) is 4.55. The summed E-state index contributed by atoms with van der Waals surface area (Å²) in [7, 11) is 0. The van der Waals surface area contributed by atoms with Crippen LogP contribution in [0.3, 0.4) is 0 Å². The molecule has 0 aliphatic carbocycles. The maximum atomic E-state index is 5.76. The lowest BCUT2D eigenvalue weighted by molar-refractivity contribution is 0.0871. The predicted octanol–water partition coefficient (Wildman–Crippen LogP) is 3.83. The number of nitrogens with one attached hydrogen (secondary N) is 1. The molecule has 3 unspecified atom stereocenters. The number of rotatable bonds is 7. The molecule has 0 radical (unpaired) electrons. The Morgan fingerprint density at radius 3 is 2.65 bits per heavy atom. The van der Waals surface area contributed by atoms with Crippen molar-refractivity contribution in [3.05, 3.63) is 35.9 Å². The van der Waals surface area contributed by atoms with Gasteiger partial charge in [0, 0.05) is 19.7 Å². The van der Waals surface area contributed by atoms with E-state index in [0.717, 1.165) is 26.1 Å². The summed E-state index contributed by atoms with van der Waals surface area (Å²) >= 11 is 0. The van der Waals surface area contributed by atoms with Gasteiger partial charge in [0.05, 0.1) is 6.10 Å². The summed E-state index contributed by atoms with van der Waals surface area (Å²) in [4.78, 5) is 0. The Balaban J connectivity index is 1.84. The van der Waals surface area contributed by atoms with Gasteiger partial charge in [0.15, 0.2) is 0 Å². The Labute approximate surface area is 123 Å². The van der Waals surface area contributed by atoms with Gasteiger partial charge in [-0.1, -0.05) is 51.1 Å². The molecule has 0 spiro atoms. The van der Waals surface area contributed by atoms with Crippen LogP contribution in [0.25, 0.3) is 0 Å². The van der Waals surface area contributed by atoms with Crippen LogP contribution in [0.1, 0.15) is 45.1 Å². The molecule has 1 aliphatic rings. The number of ether oxygens (including phenoxy) is 1. The Kier molecular flexibility index (Phi) is 6.06. The lowest BCUT2D eigenvalue weighted by atomic mass is 9.88. The Morgan fingerprint density at radius 2 is 2.00 bits per heavy atom. The van der Waals surface area contributed by atoms with E-state index >= 15 is 0 Å². The number of hydrogen-bond acceptors (Lipinski definition) is 2. The monoisotopic (exact) mass is 275 g/mol. The molecular weight excluding hydrogens is 246 g/mol. The molecule has 1 N–H and O–H groups in total. The molecule has 0 aromatic heterocycles. The number of benzene rings is 1. The minimum Gasteiger partial charge on any atom is -0.378 e. The third kappa shape index (κ3) is 4.07. The quantitative estimate of drug-likeness (QED) is 0.816. The van der Waals surface area contributed by atoms with Crippen molar-refractivity contribution in [2.45, 2.75) is 45.6 Å². The molecule has 1 aromatic rings. The van der Waals surface area contributed by atoms with E-state index in [2.05, 4.69) is 56.4 Å². The summed E-state index contributed by atoms with van der Waals surface area (Å²) in [6, 6.07) is 10.9. The molecule has 20 heavy (non-hydrogen) atoms. The van der Waals surface area contributed by atoms with E-state index in [1.807, 2.05) is 0 Å². The number of hydrogen-bond donors (Lipinski definition) is 1. The molecular formula is C18H29NO. The van der Waals surface area contributed by atoms with Gasteiger partial charge in [-0.05, 0) is 36.2 Å². The molecule has 0 bridgehead atoms. The van der Waals surface area contributed by atoms with Gasteiger partial charge in [0.25, 0.3) is 0 Å². The topological polar surface area (TPSA) is 21.3 Å². The standard InChI is InChI=1S/C18H29NO/c1-4-18-16(10-11-20-18)12-19-13-17(14(2)3)15-8-6-5-7-9-15/h5-9,14,16-19H,4,10-13H2,1-3H3. The summed E-state index contributed by atoms with van der Waals surface area (Å²) in [5.41, 5.74) is 1.45. The van der Waals surface area contributed by atoms with Crippen LogP contribution in [0.15, 0.2) is 30.3 Å². The van der Waals surface area contributed by atoms with E-state index in [9.17, 15) is 0 Å². The van der Waals surface area contributed by atoms with E-state index in [4.69, 9.17) is 4.74 Å². The summed E-state index contributed by atoms with van der Waals surface area (Å²) in [6.45, 7) is 9.95. The van der Waals surface area contributed by atoms with Gasteiger partial charge in [0.1, 0.15) is 0 Å². The van der Waals surface area contributed by atoms with Crippen molar-refractivity contribution in [1.29, 1.82) is 0 Å². The lowest BCUT2D eigenvalue weighted by Gasteiger charge is -2.24. The van der Waals surface area contributed by atoms with Crippen molar-refractivity contribution in [3.63, 3.8) is 0 Å². The van der Waals surface area contributed by atoms with Crippen molar-refractivity contribution in [2.24, 2.45) is 11.8 Å². The van der Waals surface area contributed by atoms with Crippen molar-refractivity contribution < 1.29 is 4.74 Å². The maximum absolute atomic E-state index is 5.76. The molecule has 1 fully saturated rings. The van der Waals surface area contributed by atoms with Crippen LogP contribution in [0.5, 0.6) is 0 Å². The molecule has 2 heteroatoms. The largest absolute Gasteiger partial charge is 0.378 e. The zero-order valence-corrected chi connectivity index (χ0v) is 13.1. The summed E-state index contributed by atoms with van der Waals surface area (Å²) < 4.78 is 5.76. The van der Waals surface area contributed by atoms with Crippen molar-refractivity contribution >= 4 is 0 Å². The molecule has 3 atom stereocenters. The highest BCUT2D eigenvalue weighted by molar-refractivity contribution is 5.20. The molecule has 112 valence electrons. The van der Waals surface area contributed by atoms with Crippen LogP contribution in [-0.2, 0) is 4.74 Å². The van der Waals surface area contributed by atoms with Gasteiger partial charge in [-0.15, -0.1) is 0 Å². The minimum absolute atomic E-state index is 0.469. The zero-order chi connectivity index (χ0) is 14.4. The predicted molar refractivity (Wildman–Crippen MR) is 85.0 cm³/mol. The molecule has 1 aromatic carbocycles. The second kappa shape index (κ2) is 7.80. The fourth-order valence-corrected chi connectivity index (χ4v) is 3.24. The van der Waals surface area contributed by atoms with Gasteiger partial charge in [-0.3, -0.25) is 0 Å².